The van der Waals surface area contributed by atoms with Crippen molar-refractivity contribution in [3.05, 3.63) is 144 Å². The Morgan fingerprint density at radius 3 is 2.39 bits per heavy atom. The number of thiophene rings is 1. The SMILES string of the molecule is C=C(C)c1ccc([N+](=O)[O-])c(-c2ccc3c(c2)sc2cc4c(cc23)c2cccnc2n4-c2cccc(-c3ccccc3)c2)c1. The van der Waals surface area contributed by atoms with Gasteiger partial charge in [-0.3, -0.25) is 14.7 Å². The van der Waals surface area contributed by atoms with Crippen LogP contribution in [0.25, 0.3) is 75.6 Å². The first-order valence-corrected chi connectivity index (χ1v) is 15.1. The molecule has 0 fully saturated rings. The number of fused-ring (bicyclic) bond motifs is 6. The molecule has 0 N–H and O–H groups in total. The molecule has 0 aliphatic carbocycles. The normalized spacial score (nSPS) is 11.6. The number of rotatable bonds is 5. The molecule has 0 bridgehead atoms. The predicted octanol–water partition coefficient (Wildman–Crippen LogP) is 10.8. The smallest absolute Gasteiger partial charge is 0.277 e. The number of hydrogen-bond acceptors (Lipinski definition) is 4. The molecule has 3 aromatic heterocycles. The molecule has 3 heterocycles. The molecule has 8 rings (SSSR count). The number of nitrogens with zero attached hydrogens (tertiary/aromatic N) is 3. The van der Waals surface area contributed by atoms with Crippen LogP contribution in [0.4, 0.5) is 5.69 Å². The maximum absolute atomic E-state index is 11.9. The van der Waals surface area contributed by atoms with Gasteiger partial charge >= 0.3 is 0 Å². The van der Waals surface area contributed by atoms with Crippen molar-refractivity contribution < 1.29 is 4.92 Å². The fourth-order valence-electron chi connectivity index (χ4n) is 6.19. The van der Waals surface area contributed by atoms with E-state index in [1.165, 1.54) is 5.56 Å². The highest BCUT2D eigenvalue weighted by atomic mass is 32.1. The van der Waals surface area contributed by atoms with Gasteiger partial charge in [-0.15, -0.1) is 11.3 Å². The summed E-state index contributed by atoms with van der Waals surface area (Å²) in [6.45, 7) is 5.94. The van der Waals surface area contributed by atoms with Crippen molar-refractivity contribution in [3.8, 4) is 27.9 Å². The van der Waals surface area contributed by atoms with Crippen molar-refractivity contribution in [2.24, 2.45) is 0 Å². The molecule has 0 atom stereocenters. The highest BCUT2D eigenvalue weighted by molar-refractivity contribution is 7.25. The van der Waals surface area contributed by atoms with Crippen molar-refractivity contribution in [1.82, 2.24) is 9.55 Å². The molecule has 0 saturated carbocycles. The minimum absolute atomic E-state index is 0.0897. The lowest BCUT2D eigenvalue weighted by Crippen LogP contribution is -1.95. The molecule has 0 amide bonds. The molecule has 6 heteroatoms. The standard InChI is InChI=1S/C38H25N3O2S/c1-23(2)25-14-16-34(41(42)43)31(19-25)27-13-15-29-33-21-32-30-12-7-17-39-38(30)40(35(32)22-37(33)44-36(29)20-27)28-11-6-10-26(18-28)24-8-4-3-5-9-24/h3-22H,1H2,2H3. The third kappa shape index (κ3) is 4.11. The van der Waals surface area contributed by atoms with E-state index in [-0.39, 0.29) is 10.6 Å². The Hall–Kier alpha value is -5.59. The molecule has 210 valence electrons. The average molecular weight is 588 g/mol. The maximum atomic E-state index is 11.9. The van der Waals surface area contributed by atoms with E-state index < -0.39 is 0 Å². The Labute approximate surface area is 257 Å². The van der Waals surface area contributed by atoms with E-state index in [9.17, 15) is 10.1 Å². The van der Waals surface area contributed by atoms with Gasteiger partial charge in [-0.1, -0.05) is 66.7 Å². The van der Waals surface area contributed by atoms with Crippen LogP contribution >= 0.6 is 11.3 Å². The van der Waals surface area contributed by atoms with Gasteiger partial charge in [0.2, 0.25) is 0 Å². The predicted molar refractivity (Wildman–Crippen MR) is 184 cm³/mol. The number of benzene rings is 5. The van der Waals surface area contributed by atoms with Crippen LogP contribution in [0.1, 0.15) is 12.5 Å². The zero-order valence-electron chi connectivity index (χ0n) is 23.8. The fraction of sp³-hybridized carbons (Fsp3) is 0.0263. The summed E-state index contributed by atoms with van der Waals surface area (Å²) in [6, 6.07) is 39.0. The molecule has 8 aromatic rings. The van der Waals surface area contributed by atoms with Crippen LogP contribution in [0.3, 0.4) is 0 Å². The largest absolute Gasteiger partial charge is 0.294 e. The van der Waals surface area contributed by atoms with Crippen LogP contribution in [0.5, 0.6) is 0 Å². The van der Waals surface area contributed by atoms with Gasteiger partial charge in [0.05, 0.1) is 16.0 Å². The van der Waals surface area contributed by atoms with Crippen molar-refractivity contribution >= 4 is 64.7 Å². The topological polar surface area (TPSA) is 61.0 Å². The third-order valence-electron chi connectivity index (χ3n) is 8.33. The second-order valence-electron chi connectivity index (χ2n) is 11.1. The van der Waals surface area contributed by atoms with Crippen LogP contribution in [0.2, 0.25) is 0 Å². The van der Waals surface area contributed by atoms with E-state index >= 15 is 0 Å². The monoisotopic (exact) mass is 587 g/mol. The molecule has 44 heavy (non-hydrogen) atoms. The van der Waals surface area contributed by atoms with Gasteiger partial charge in [0.1, 0.15) is 5.65 Å². The van der Waals surface area contributed by atoms with Gasteiger partial charge in [-0.2, -0.15) is 0 Å². The molecule has 0 radical (unpaired) electrons. The zero-order valence-corrected chi connectivity index (χ0v) is 24.6. The summed E-state index contributed by atoms with van der Waals surface area (Å²) in [6.07, 6.45) is 1.85. The number of aromatic nitrogens is 2. The quantitative estimate of drug-likeness (QED) is 0.149. The van der Waals surface area contributed by atoms with E-state index in [0.29, 0.717) is 5.56 Å². The second-order valence-corrected chi connectivity index (χ2v) is 12.2. The molecule has 0 spiro atoms. The summed E-state index contributed by atoms with van der Waals surface area (Å²) >= 11 is 1.70. The van der Waals surface area contributed by atoms with Gasteiger partial charge in [0, 0.05) is 48.9 Å². The first kappa shape index (κ1) is 26.1. The van der Waals surface area contributed by atoms with E-state index in [1.807, 2.05) is 37.4 Å². The minimum Gasteiger partial charge on any atom is -0.294 e. The van der Waals surface area contributed by atoms with Crippen molar-refractivity contribution in [1.29, 1.82) is 0 Å². The van der Waals surface area contributed by atoms with Crippen molar-refractivity contribution in [2.75, 3.05) is 0 Å². The van der Waals surface area contributed by atoms with E-state index in [2.05, 4.69) is 90.0 Å². The second kappa shape index (κ2) is 10.0. The number of hydrogen-bond donors (Lipinski definition) is 0. The Bertz CT molecular complexity index is 2450. The van der Waals surface area contributed by atoms with E-state index in [1.54, 1.807) is 23.5 Å². The first-order chi connectivity index (χ1) is 21.5. The average Bonchev–Trinajstić information content (AvgIpc) is 3.58. The van der Waals surface area contributed by atoms with Crippen molar-refractivity contribution in [2.45, 2.75) is 6.92 Å². The maximum Gasteiger partial charge on any atom is 0.277 e. The van der Waals surface area contributed by atoms with Crippen LogP contribution in [0.15, 0.2) is 128 Å². The van der Waals surface area contributed by atoms with Gasteiger partial charge in [-0.25, -0.2) is 4.98 Å². The molecular weight excluding hydrogens is 563 g/mol. The molecule has 0 unspecified atom stereocenters. The lowest BCUT2D eigenvalue weighted by atomic mass is 9.97. The summed E-state index contributed by atoms with van der Waals surface area (Å²) in [5.41, 5.74) is 8.64. The lowest BCUT2D eigenvalue weighted by Gasteiger charge is -2.10. The summed E-state index contributed by atoms with van der Waals surface area (Å²) in [4.78, 5) is 16.4. The van der Waals surface area contributed by atoms with Crippen molar-refractivity contribution in [3.63, 3.8) is 0 Å². The first-order valence-electron chi connectivity index (χ1n) is 14.3. The molecular formula is C38H25N3O2S. The third-order valence-corrected chi connectivity index (χ3v) is 9.44. The van der Waals surface area contributed by atoms with Crippen LogP contribution < -0.4 is 0 Å². The Kier molecular flexibility index (Phi) is 5.93. The highest BCUT2D eigenvalue weighted by Gasteiger charge is 2.19. The van der Waals surface area contributed by atoms with Crippen LogP contribution in [0, 0.1) is 10.1 Å². The van der Waals surface area contributed by atoms with Crippen LogP contribution in [-0.2, 0) is 0 Å². The summed E-state index contributed by atoms with van der Waals surface area (Å²) in [7, 11) is 0. The molecule has 0 aliphatic heterocycles. The number of allylic oxidation sites excluding steroid dienone is 1. The fourth-order valence-corrected chi connectivity index (χ4v) is 7.35. The molecule has 0 aliphatic rings. The summed E-state index contributed by atoms with van der Waals surface area (Å²) in [5.74, 6) is 0. The summed E-state index contributed by atoms with van der Waals surface area (Å²) in [5, 5.41) is 16.4. The van der Waals surface area contributed by atoms with Crippen LogP contribution in [-0.4, -0.2) is 14.5 Å². The molecule has 0 saturated heterocycles. The lowest BCUT2D eigenvalue weighted by molar-refractivity contribution is -0.384. The van der Waals surface area contributed by atoms with Gasteiger partial charge in [-0.05, 0) is 83.8 Å². The Balaban J connectivity index is 1.35. The van der Waals surface area contributed by atoms with E-state index in [0.717, 1.165) is 70.1 Å². The molecule has 5 aromatic carbocycles. The van der Waals surface area contributed by atoms with E-state index in [4.69, 9.17) is 4.98 Å². The Morgan fingerprint density at radius 2 is 1.57 bits per heavy atom. The van der Waals surface area contributed by atoms with Gasteiger partial charge < -0.3 is 0 Å². The number of nitro benzene ring substituents is 1. The highest BCUT2D eigenvalue weighted by Crippen LogP contribution is 2.42. The molecule has 5 nitrogen and oxygen atoms in total. The van der Waals surface area contributed by atoms with Gasteiger partial charge in [0.15, 0.2) is 0 Å². The summed E-state index contributed by atoms with van der Waals surface area (Å²) < 4.78 is 4.48. The van der Waals surface area contributed by atoms with Gasteiger partial charge in [0.25, 0.3) is 5.69 Å². The zero-order chi connectivity index (χ0) is 29.9. The Morgan fingerprint density at radius 1 is 0.750 bits per heavy atom. The minimum atomic E-state index is -0.315. The number of nitro groups is 1. The number of pyridine rings is 1.